The van der Waals surface area contributed by atoms with Crippen molar-refractivity contribution >= 4 is 5.78 Å². The van der Waals surface area contributed by atoms with Gasteiger partial charge in [0.25, 0.3) is 0 Å². The monoisotopic (exact) mass is 1070 g/mol. The lowest BCUT2D eigenvalue weighted by Gasteiger charge is -2.57. The molecule has 2 N–H and O–H groups in total. The van der Waals surface area contributed by atoms with Crippen molar-refractivity contribution < 1.29 is 95.8 Å². The number of aliphatic hydroxyl groups excluding tert-OH is 2. The smallest absolute Gasteiger partial charge is 0.194 e. The van der Waals surface area contributed by atoms with Gasteiger partial charge in [-0.05, 0) is 98.3 Å². The zero-order valence-corrected chi connectivity index (χ0v) is 46.4. The van der Waals surface area contributed by atoms with Crippen LogP contribution in [0, 0.1) is 28.6 Å². The van der Waals surface area contributed by atoms with Gasteiger partial charge in [-0.1, -0.05) is 6.92 Å². The van der Waals surface area contributed by atoms with E-state index >= 15 is 0 Å². The SMILES string of the molecule is CO[C@H]1C[C@H](OO[C@@H]2[C@@H](C)O[C@@H](O[C@@H]3[C@@H](C)O[C@@H](O[C@H]4[C@@H](O)C[C@H](O[C@H]5CC[C@@]6(C)[C@@H](CC[C@@]78O[C@@H](C)[C@@H]9CCC(=O)[C@]9(C)[C@@H](C[C@@H]76)O8)C5)O[C@@H]4C)C[C@H]3OC)C[C@H]2OC)O[C@H](C)[C@H]1O[C@H]1C[C@@H](OC)[C@H](O)[C@@H](C)O1. The Morgan fingerprint density at radius 1 is 0.507 bits per heavy atom. The van der Waals surface area contributed by atoms with Crippen LogP contribution in [0.2, 0.25) is 0 Å². The Hall–Kier alpha value is -1.09. The minimum atomic E-state index is -0.841. The standard InChI is InChI=1S/C55H90O20/c1-26-34-13-14-41(57)54(34,8)42-25-40-53(7)17-16-33(19-32(53)15-18-55(40,72-26)73-42)68-43-20-35(56)49(28(3)64-43)69-45-22-37(60-10)50(29(4)65-45)71-46-23-39(62-12)52(31(6)66-46)75-74-47-24-38(61-11)51(30(5)67-47)70-44-21-36(59-9)48(58)27(2)63-44/h26-40,42-52,56,58H,13-25H2,1-12H3/t26-,27+,28+,29+,30+,31+,32-,33-,34-,35-,36+,37+,38-,39+,40+,42+,43-,44-,45-,46-,47-,48+,49+,50+,51+,52+,53-,54+,55-/m0/s1. The van der Waals surface area contributed by atoms with Crippen LogP contribution in [-0.2, 0) is 85.6 Å². The van der Waals surface area contributed by atoms with E-state index in [1.54, 1.807) is 35.4 Å². The molecule has 3 saturated carbocycles. The molecule has 0 aromatic carbocycles. The van der Waals surface area contributed by atoms with Crippen molar-refractivity contribution in [1.29, 1.82) is 0 Å². The maximum absolute atomic E-state index is 13.4. The second-order valence-corrected chi connectivity index (χ2v) is 24.3. The van der Waals surface area contributed by atoms with Crippen LogP contribution >= 0.6 is 0 Å². The number of hydrogen-bond donors (Lipinski definition) is 2. The van der Waals surface area contributed by atoms with E-state index in [9.17, 15) is 15.0 Å². The topological polar surface area (TPSA) is 214 Å². The molecule has 20 heteroatoms. The number of carbonyl (C=O) groups excluding carboxylic acids is 1. The van der Waals surface area contributed by atoms with E-state index in [0.717, 1.165) is 44.9 Å². The quantitative estimate of drug-likeness (QED) is 0.119. The third-order valence-corrected chi connectivity index (χ3v) is 20.0. The highest BCUT2D eigenvalue weighted by atomic mass is 17.2. The van der Waals surface area contributed by atoms with Crippen LogP contribution in [0.1, 0.15) is 139 Å². The second-order valence-electron chi connectivity index (χ2n) is 24.3. The van der Waals surface area contributed by atoms with Crippen molar-refractivity contribution in [2.24, 2.45) is 28.6 Å². The summed E-state index contributed by atoms with van der Waals surface area (Å²) < 4.78 is 94.8. The summed E-state index contributed by atoms with van der Waals surface area (Å²) in [5.74, 6) is 0.578. The van der Waals surface area contributed by atoms with E-state index in [1.165, 1.54) is 0 Å². The molecule has 430 valence electrons. The van der Waals surface area contributed by atoms with Crippen molar-refractivity contribution in [3.63, 3.8) is 0 Å². The van der Waals surface area contributed by atoms with Crippen molar-refractivity contribution in [3.8, 4) is 0 Å². The summed E-state index contributed by atoms with van der Waals surface area (Å²) in [7, 11) is 6.43. The molecule has 1 spiro atoms. The van der Waals surface area contributed by atoms with Gasteiger partial charge in [-0.3, -0.25) is 4.79 Å². The van der Waals surface area contributed by atoms with Crippen molar-refractivity contribution in [2.45, 2.75) is 286 Å². The number of fused-ring (bicyclic) bond motifs is 5. The average Bonchev–Trinajstić information content (AvgIpc) is 3.90. The molecule has 29 atom stereocenters. The Balaban J connectivity index is 0.670. The van der Waals surface area contributed by atoms with E-state index in [4.69, 9.17) is 80.8 Å². The molecule has 10 fully saturated rings. The van der Waals surface area contributed by atoms with Crippen LogP contribution < -0.4 is 0 Å². The molecule has 7 saturated heterocycles. The normalized spacial score (nSPS) is 54.2. The van der Waals surface area contributed by atoms with Gasteiger partial charge in [0.15, 0.2) is 37.2 Å². The molecule has 2 bridgehead atoms. The number of ketones is 1. The van der Waals surface area contributed by atoms with Gasteiger partial charge in [-0.25, -0.2) is 9.78 Å². The molecular weight excluding hydrogens is 981 g/mol. The number of methoxy groups -OCH3 is 4. The Labute approximate surface area is 443 Å². The van der Waals surface area contributed by atoms with Crippen LogP contribution in [0.3, 0.4) is 0 Å². The third-order valence-electron chi connectivity index (χ3n) is 20.0. The first-order chi connectivity index (χ1) is 35.8. The summed E-state index contributed by atoms with van der Waals surface area (Å²) in [4.78, 5) is 25.3. The minimum absolute atomic E-state index is 0.000222. The largest absolute Gasteiger partial charge is 0.390 e. The lowest BCUT2D eigenvalue weighted by Crippen LogP contribution is -2.58. The molecule has 0 aromatic heterocycles. The summed E-state index contributed by atoms with van der Waals surface area (Å²) in [6, 6.07) is 0. The van der Waals surface area contributed by atoms with Gasteiger partial charge < -0.3 is 81.3 Å². The highest BCUT2D eigenvalue weighted by Crippen LogP contribution is 2.67. The van der Waals surface area contributed by atoms with E-state index in [-0.39, 0.29) is 42.0 Å². The lowest BCUT2D eigenvalue weighted by atomic mass is 9.52. The minimum Gasteiger partial charge on any atom is -0.390 e. The number of rotatable bonds is 15. The zero-order chi connectivity index (χ0) is 53.3. The van der Waals surface area contributed by atoms with Gasteiger partial charge in [0.05, 0.1) is 84.8 Å². The molecule has 7 heterocycles. The van der Waals surface area contributed by atoms with Crippen LogP contribution in [0.15, 0.2) is 0 Å². The van der Waals surface area contributed by atoms with Crippen molar-refractivity contribution in [1.82, 2.24) is 0 Å². The fourth-order valence-corrected chi connectivity index (χ4v) is 15.7. The predicted octanol–water partition coefficient (Wildman–Crippen LogP) is 5.41. The lowest BCUT2D eigenvalue weighted by molar-refractivity contribution is -0.448. The Morgan fingerprint density at radius 2 is 1.03 bits per heavy atom. The highest BCUT2D eigenvalue weighted by Gasteiger charge is 2.70. The van der Waals surface area contributed by atoms with Gasteiger partial charge in [0.2, 0.25) is 0 Å². The Kier molecular flexibility index (Phi) is 17.6. The number of hydrogen-bond acceptors (Lipinski definition) is 20. The van der Waals surface area contributed by atoms with E-state index in [1.807, 2.05) is 27.7 Å². The third kappa shape index (κ3) is 11.0. The Morgan fingerprint density at radius 3 is 1.64 bits per heavy atom. The summed E-state index contributed by atoms with van der Waals surface area (Å²) >= 11 is 0. The van der Waals surface area contributed by atoms with E-state index in [0.29, 0.717) is 43.8 Å². The number of aliphatic hydroxyl groups is 2. The average molecular weight is 1070 g/mol. The molecule has 10 rings (SSSR count). The molecule has 0 aromatic rings. The molecule has 3 aliphatic carbocycles. The van der Waals surface area contributed by atoms with Gasteiger partial charge in [0, 0.05) is 85.2 Å². The zero-order valence-electron chi connectivity index (χ0n) is 46.4. The van der Waals surface area contributed by atoms with Crippen LogP contribution in [0.5, 0.6) is 0 Å². The summed E-state index contributed by atoms with van der Waals surface area (Å²) in [5, 5.41) is 22.0. The molecule has 0 radical (unpaired) electrons. The first-order valence-corrected chi connectivity index (χ1v) is 28.4. The van der Waals surface area contributed by atoms with Crippen LogP contribution in [-0.4, -0.2) is 192 Å². The fraction of sp³-hybridized carbons (Fsp3) is 0.982. The molecule has 20 nitrogen and oxygen atoms in total. The van der Waals surface area contributed by atoms with Crippen molar-refractivity contribution in [3.05, 3.63) is 0 Å². The van der Waals surface area contributed by atoms with Crippen molar-refractivity contribution in [2.75, 3.05) is 28.4 Å². The molecule has 75 heavy (non-hydrogen) atoms. The second kappa shape index (κ2) is 23.0. The van der Waals surface area contributed by atoms with Gasteiger partial charge in [0.1, 0.15) is 36.3 Å². The first-order valence-electron chi connectivity index (χ1n) is 28.4. The molecule has 7 aliphatic heterocycles. The summed E-state index contributed by atoms with van der Waals surface area (Å²) in [5.41, 5.74) is -0.471. The highest BCUT2D eigenvalue weighted by molar-refractivity contribution is 5.88. The van der Waals surface area contributed by atoms with Gasteiger partial charge in [-0.15, -0.1) is 0 Å². The Bertz CT molecular complexity index is 1910. The maximum atomic E-state index is 13.4. The van der Waals surface area contributed by atoms with E-state index < -0.39 is 134 Å². The van der Waals surface area contributed by atoms with E-state index in [2.05, 4.69) is 20.8 Å². The molecule has 0 unspecified atom stereocenters. The summed E-state index contributed by atoms with van der Waals surface area (Å²) in [6.07, 6.45) is -2.66. The molecule has 10 aliphatic rings. The predicted molar refractivity (Wildman–Crippen MR) is 262 cm³/mol. The molecular formula is C55H90O20. The number of Topliss-reactive ketones (excluding diaryl/α,β-unsaturated/α-hetero) is 1. The van der Waals surface area contributed by atoms with Gasteiger partial charge in [-0.2, -0.15) is 0 Å². The number of carbonyl (C=O) groups is 1. The van der Waals surface area contributed by atoms with Gasteiger partial charge >= 0.3 is 0 Å². The molecule has 0 amide bonds. The summed E-state index contributed by atoms with van der Waals surface area (Å²) in [6.45, 7) is 16.1. The first kappa shape index (κ1) is 57.2. The number of ether oxygens (including phenoxy) is 15. The van der Waals surface area contributed by atoms with Crippen LogP contribution in [0.4, 0.5) is 0 Å². The van der Waals surface area contributed by atoms with Crippen LogP contribution in [0.25, 0.3) is 0 Å². The fourth-order valence-electron chi connectivity index (χ4n) is 15.7. The maximum Gasteiger partial charge on any atom is 0.194 e.